The molecule has 6 nitrogen and oxygen atoms in total. The highest BCUT2D eigenvalue weighted by Crippen LogP contribution is 2.19. The first-order valence-electron chi connectivity index (χ1n) is 6.42. The first kappa shape index (κ1) is 14.2. The van der Waals surface area contributed by atoms with Crippen LogP contribution in [-0.2, 0) is 4.74 Å². The second-order valence-corrected chi connectivity index (χ2v) is 4.33. The molecule has 2 N–H and O–H groups in total. The van der Waals surface area contributed by atoms with Gasteiger partial charge in [0.15, 0.2) is 5.82 Å². The summed E-state index contributed by atoms with van der Waals surface area (Å²) in [6.45, 7) is 3.04. The molecule has 0 aliphatic heterocycles. The van der Waals surface area contributed by atoms with Gasteiger partial charge in [-0.2, -0.15) is 10.2 Å². The molecule has 0 aliphatic carbocycles. The first-order chi connectivity index (χ1) is 9.74. The minimum atomic E-state index is -0.418. The third kappa shape index (κ3) is 3.41. The van der Waals surface area contributed by atoms with Gasteiger partial charge in [-0.3, -0.25) is 0 Å². The Morgan fingerprint density at radius 1 is 1.50 bits per heavy atom. The summed E-state index contributed by atoms with van der Waals surface area (Å²) in [4.78, 5) is 4.24. The summed E-state index contributed by atoms with van der Waals surface area (Å²) in [6.07, 6.45) is 0.936. The maximum atomic E-state index is 8.87. The Bertz CT molecular complexity index is 603. The lowest BCUT2D eigenvalue weighted by Crippen LogP contribution is -2.18. The van der Waals surface area contributed by atoms with Crippen LogP contribution in [0.4, 0.5) is 0 Å². The van der Waals surface area contributed by atoms with Crippen molar-refractivity contribution in [1.29, 1.82) is 5.26 Å². The van der Waals surface area contributed by atoms with E-state index in [9.17, 15) is 0 Å². The van der Waals surface area contributed by atoms with E-state index in [1.807, 2.05) is 6.92 Å². The van der Waals surface area contributed by atoms with Gasteiger partial charge < -0.3 is 15.0 Å². The monoisotopic (exact) mass is 272 g/mol. The van der Waals surface area contributed by atoms with Crippen molar-refractivity contribution in [2.24, 2.45) is 5.73 Å². The predicted molar refractivity (Wildman–Crippen MR) is 72.5 cm³/mol. The quantitative estimate of drug-likeness (QED) is 0.808. The maximum Gasteiger partial charge on any atom is 0.258 e. The molecule has 0 amide bonds. The number of rotatable bonds is 6. The van der Waals surface area contributed by atoms with Gasteiger partial charge in [0.1, 0.15) is 0 Å². The molecule has 6 heteroatoms. The highest BCUT2D eigenvalue weighted by atomic mass is 16.5. The van der Waals surface area contributed by atoms with E-state index in [1.165, 1.54) is 0 Å². The van der Waals surface area contributed by atoms with E-state index in [-0.39, 0.29) is 0 Å². The molecular formula is C14H16N4O2. The second-order valence-electron chi connectivity index (χ2n) is 4.33. The van der Waals surface area contributed by atoms with Crippen LogP contribution in [0.25, 0.3) is 11.5 Å². The number of nitrogens with two attached hydrogens (primary N) is 1. The van der Waals surface area contributed by atoms with Gasteiger partial charge in [-0.15, -0.1) is 0 Å². The summed E-state index contributed by atoms with van der Waals surface area (Å²) in [7, 11) is 0. The van der Waals surface area contributed by atoms with Gasteiger partial charge >= 0.3 is 0 Å². The molecular weight excluding hydrogens is 256 g/mol. The van der Waals surface area contributed by atoms with Gasteiger partial charge in [0.2, 0.25) is 0 Å². The zero-order valence-corrected chi connectivity index (χ0v) is 11.2. The molecule has 0 saturated carbocycles. The molecule has 0 bridgehead atoms. The molecule has 0 fully saturated rings. The van der Waals surface area contributed by atoms with E-state index in [0.29, 0.717) is 36.1 Å². The fourth-order valence-corrected chi connectivity index (χ4v) is 1.65. The Labute approximate surface area is 117 Å². The van der Waals surface area contributed by atoms with E-state index >= 15 is 0 Å². The van der Waals surface area contributed by atoms with Crippen LogP contribution in [0, 0.1) is 11.3 Å². The van der Waals surface area contributed by atoms with Gasteiger partial charge in [0.25, 0.3) is 5.89 Å². The van der Waals surface area contributed by atoms with Gasteiger partial charge in [-0.25, -0.2) is 0 Å². The molecule has 1 aromatic carbocycles. The number of hydrogen-bond donors (Lipinski definition) is 1. The summed E-state index contributed by atoms with van der Waals surface area (Å²) < 4.78 is 10.5. The van der Waals surface area contributed by atoms with Gasteiger partial charge in [-0.05, 0) is 24.6 Å². The lowest BCUT2D eigenvalue weighted by atomic mass is 10.1. The Balaban J connectivity index is 2.10. The summed E-state index contributed by atoms with van der Waals surface area (Å²) in [5.74, 6) is 0.751. The van der Waals surface area contributed by atoms with Crippen LogP contribution in [0.5, 0.6) is 0 Å². The number of ether oxygens (including phenoxy) is 1. The molecule has 104 valence electrons. The van der Waals surface area contributed by atoms with Crippen LogP contribution in [0.1, 0.15) is 30.8 Å². The highest BCUT2D eigenvalue weighted by molar-refractivity contribution is 5.55. The Hall–Kier alpha value is -2.23. The van der Waals surface area contributed by atoms with Crippen LogP contribution in [0.15, 0.2) is 28.8 Å². The number of hydrogen-bond acceptors (Lipinski definition) is 6. The Morgan fingerprint density at radius 2 is 2.35 bits per heavy atom. The zero-order chi connectivity index (χ0) is 14.4. The Morgan fingerprint density at radius 3 is 3.10 bits per heavy atom. The van der Waals surface area contributed by atoms with E-state index in [0.717, 1.165) is 6.42 Å². The van der Waals surface area contributed by atoms with Crippen molar-refractivity contribution in [3.63, 3.8) is 0 Å². The normalized spacial score (nSPS) is 12.1. The predicted octanol–water partition coefficient (Wildman–Crippen LogP) is 2.03. The standard InChI is InChI=1S/C14H16N4O2/c1-2-6-19-9-12(16)13-17-14(20-18-13)11-5-3-4-10(7-11)8-15/h3-5,7,12H,2,6,9,16H2,1H3. The largest absolute Gasteiger partial charge is 0.379 e. The molecule has 1 atom stereocenters. The average molecular weight is 272 g/mol. The number of benzene rings is 1. The van der Waals surface area contributed by atoms with Crippen molar-refractivity contribution >= 4 is 0 Å². The lowest BCUT2D eigenvalue weighted by Gasteiger charge is -2.06. The van der Waals surface area contributed by atoms with E-state index in [4.69, 9.17) is 20.3 Å². The number of nitrogens with zero attached hydrogens (tertiary/aromatic N) is 3. The number of nitriles is 1. The number of aromatic nitrogens is 2. The minimum Gasteiger partial charge on any atom is -0.379 e. The SMILES string of the molecule is CCCOCC(N)c1noc(-c2cccc(C#N)c2)n1. The molecule has 0 saturated heterocycles. The van der Waals surface area contributed by atoms with Crippen LogP contribution < -0.4 is 5.73 Å². The van der Waals surface area contributed by atoms with Crippen molar-refractivity contribution in [3.8, 4) is 17.5 Å². The van der Waals surface area contributed by atoms with Crippen molar-refractivity contribution in [3.05, 3.63) is 35.7 Å². The molecule has 2 aromatic rings. The molecule has 1 unspecified atom stereocenters. The van der Waals surface area contributed by atoms with Crippen LogP contribution >= 0.6 is 0 Å². The third-order valence-electron chi connectivity index (χ3n) is 2.66. The van der Waals surface area contributed by atoms with Gasteiger partial charge in [0, 0.05) is 12.2 Å². The van der Waals surface area contributed by atoms with E-state index < -0.39 is 6.04 Å². The van der Waals surface area contributed by atoms with Crippen molar-refractivity contribution in [2.45, 2.75) is 19.4 Å². The molecule has 1 aromatic heterocycles. The van der Waals surface area contributed by atoms with Crippen LogP contribution in [-0.4, -0.2) is 23.4 Å². The van der Waals surface area contributed by atoms with Crippen molar-refractivity contribution in [2.75, 3.05) is 13.2 Å². The average Bonchev–Trinajstić information content (AvgIpc) is 2.97. The molecule has 0 aliphatic rings. The molecule has 0 radical (unpaired) electrons. The second kappa shape index (κ2) is 6.80. The topological polar surface area (TPSA) is 98.0 Å². The van der Waals surface area contributed by atoms with Crippen LogP contribution in [0.3, 0.4) is 0 Å². The molecule has 1 heterocycles. The maximum absolute atomic E-state index is 8.87. The summed E-state index contributed by atoms with van der Waals surface area (Å²) in [5, 5.41) is 12.7. The van der Waals surface area contributed by atoms with Crippen molar-refractivity contribution < 1.29 is 9.26 Å². The Kier molecular flexibility index (Phi) is 4.82. The lowest BCUT2D eigenvalue weighted by molar-refractivity contribution is 0.119. The molecule has 2 rings (SSSR count). The van der Waals surface area contributed by atoms with Crippen LogP contribution in [0.2, 0.25) is 0 Å². The zero-order valence-electron chi connectivity index (χ0n) is 11.2. The first-order valence-corrected chi connectivity index (χ1v) is 6.42. The summed E-state index contributed by atoms with van der Waals surface area (Å²) in [6, 6.07) is 8.62. The third-order valence-corrected chi connectivity index (χ3v) is 2.66. The van der Waals surface area contributed by atoms with Gasteiger partial charge in [0.05, 0.1) is 24.3 Å². The molecule has 0 spiro atoms. The fraction of sp³-hybridized carbons (Fsp3) is 0.357. The smallest absolute Gasteiger partial charge is 0.258 e. The summed E-state index contributed by atoms with van der Waals surface area (Å²) in [5.41, 5.74) is 7.16. The highest BCUT2D eigenvalue weighted by Gasteiger charge is 2.15. The fourth-order valence-electron chi connectivity index (χ4n) is 1.65. The minimum absolute atomic E-state index is 0.350. The summed E-state index contributed by atoms with van der Waals surface area (Å²) >= 11 is 0. The molecule has 20 heavy (non-hydrogen) atoms. The van der Waals surface area contributed by atoms with Crippen molar-refractivity contribution in [1.82, 2.24) is 10.1 Å². The van der Waals surface area contributed by atoms with E-state index in [1.54, 1.807) is 24.3 Å². The van der Waals surface area contributed by atoms with Gasteiger partial charge in [-0.1, -0.05) is 18.1 Å². The van der Waals surface area contributed by atoms with E-state index in [2.05, 4.69) is 16.2 Å².